The molecule has 2 heteroatoms. The van der Waals surface area contributed by atoms with Crippen LogP contribution in [0, 0.1) is 0 Å². The van der Waals surface area contributed by atoms with Gasteiger partial charge in [-0.25, -0.2) is 0 Å². The van der Waals surface area contributed by atoms with Gasteiger partial charge in [0.15, 0.2) is 0 Å². The second-order valence-corrected chi connectivity index (χ2v) is 2.00. The summed E-state index contributed by atoms with van der Waals surface area (Å²) in [6.45, 7) is 0. The SMILES string of the molecule is O=CCc1ccccc1O. The third kappa shape index (κ3) is 1.35. The summed E-state index contributed by atoms with van der Waals surface area (Å²) in [6, 6.07) is 6.81. The van der Waals surface area contributed by atoms with Crippen molar-refractivity contribution >= 4 is 6.29 Å². The molecule has 0 aliphatic heterocycles. The van der Waals surface area contributed by atoms with Crippen molar-refractivity contribution < 1.29 is 9.90 Å². The molecule has 0 saturated heterocycles. The van der Waals surface area contributed by atoms with Gasteiger partial charge in [-0.15, -0.1) is 0 Å². The molecule has 0 heterocycles. The summed E-state index contributed by atoms with van der Waals surface area (Å²) < 4.78 is 0. The molecule has 2 nitrogen and oxygen atoms in total. The lowest BCUT2D eigenvalue weighted by atomic mass is 10.1. The number of aromatic hydroxyl groups is 1. The topological polar surface area (TPSA) is 37.3 Å². The van der Waals surface area contributed by atoms with Crippen LogP contribution in [0.4, 0.5) is 0 Å². The van der Waals surface area contributed by atoms with Crippen LogP contribution in [-0.4, -0.2) is 11.4 Å². The van der Waals surface area contributed by atoms with Crippen molar-refractivity contribution in [3.63, 3.8) is 0 Å². The Morgan fingerprint density at radius 2 is 2.10 bits per heavy atom. The summed E-state index contributed by atoms with van der Waals surface area (Å²) in [5, 5.41) is 9.08. The van der Waals surface area contributed by atoms with Crippen molar-refractivity contribution in [2.24, 2.45) is 0 Å². The minimum atomic E-state index is 0.189. The highest BCUT2D eigenvalue weighted by molar-refractivity contribution is 5.57. The van der Waals surface area contributed by atoms with Crippen molar-refractivity contribution in [1.82, 2.24) is 0 Å². The maximum absolute atomic E-state index is 10.0. The van der Waals surface area contributed by atoms with Gasteiger partial charge in [0, 0.05) is 12.0 Å². The largest absolute Gasteiger partial charge is 0.508 e. The van der Waals surface area contributed by atoms with E-state index >= 15 is 0 Å². The fraction of sp³-hybridized carbons (Fsp3) is 0.125. The molecule has 0 fully saturated rings. The van der Waals surface area contributed by atoms with E-state index in [9.17, 15) is 4.79 Å². The Bertz CT molecular complexity index is 230. The molecule has 0 aromatic heterocycles. The lowest BCUT2D eigenvalue weighted by Gasteiger charge is -1.96. The third-order valence-electron chi connectivity index (χ3n) is 1.29. The first-order valence-corrected chi connectivity index (χ1v) is 3.05. The molecule has 0 bridgehead atoms. The van der Waals surface area contributed by atoms with E-state index in [1.165, 1.54) is 0 Å². The van der Waals surface area contributed by atoms with Gasteiger partial charge in [0.25, 0.3) is 0 Å². The Labute approximate surface area is 59.1 Å². The average molecular weight is 136 g/mol. The van der Waals surface area contributed by atoms with Gasteiger partial charge in [-0.05, 0) is 6.07 Å². The first kappa shape index (κ1) is 6.81. The van der Waals surface area contributed by atoms with Gasteiger partial charge in [0.1, 0.15) is 12.0 Å². The monoisotopic (exact) mass is 136 g/mol. The number of hydrogen-bond acceptors (Lipinski definition) is 2. The van der Waals surface area contributed by atoms with Crippen LogP contribution in [0.1, 0.15) is 5.56 Å². The maximum atomic E-state index is 10.0. The fourth-order valence-corrected chi connectivity index (χ4v) is 0.773. The highest BCUT2D eigenvalue weighted by Crippen LogP contribution is 2.14. The van der Waals surface area contributed by atoms with Crippen LogP contribution < -0.4 is 0 Å². The summed E-state index contributed by atoms with van der Waals surface area (Å²) >= 11 is 0. The number of benzene rings is 1. The Kier molecular flexibility index (Phi) is 2.05. The zero-order chi connectivity index (χ0) is 7.40. The third-order valence-corrected chi connectivity index (χ3v) is 1.29. The minimum absolute atomic E-state index is 0.189. The van der Waals surface area contributed by atoms with Crippen LogP contribution in [0.3, 0.4) is 0 Å². The normalized spacial score (nSPS) is 9.20. The van der Waals surface area contributed by atoms with Gasteiger partial charge in [-0.3, -0.25) is 0 Å². The van der Waals surface area contributed by atoms with Gasteiger partial charge in [0.2, 0.25) is 0 Å². The molecule has 0 radical (unpaired) electrons. The molecule has 0 saturated carbocycles. The summed E-state index contributed by atoms with van der Waals surface area (Å²) in [6.07, 6.45) is 1.06. The molecule has 0 aliphatic carbocycles. The molecular weight excluding hydrogens is 128 g/mol. The molecule has 52 valence electrons. The van der Waals surface area contributed by atoms with E-state index in [0.29, 0.717) is 5.56 Å². The summed E-state index contributed by atoms with van der Waals surface area (Å²) in [4.78, 5) is 10.0. The molecular formula is C8H8O2. The van der Waals surface area contributed by atoms with Crippen LogP contribution in [0.5, 0.6) is 5.75 Å². The molecule has 1 aromatic carbocycles. The second kappa shape index (κ2) is 3.01. The highest BCUT2D eigenvalue weighted by Gasteiger charge is 1.95. The molecule has 10 heavy (non-hydrogen) atoms. The first-order valence-electron chi connectivity index (χ1n) is 3.05. The molecule has 0 atom stereocenters. The standard InChI is InChI=1S/C8H8O2/c9-6-5-7-3-1-2-4-8(7)10/h1-4,6,10H,5H2. The maximum Gasteiger partial charge on any atom is 0.124 e. The number of carbonyl (C=O) groups is 1. The van der Waals surface area contributed by atoms with Crippen LogP contribution in [-0.2, 0) is 11.2 Å². The molecule has 0 amide bonds. The summed E-state index contributed by atoms with van der Waals surface area (Å²) in [7, 11) is 0. The van der Waals surface area contributed by atoms with Gasteiger partial charge in [0.05, 0.1) is 0 Å². The zero-order valence-corrected chi connectivity index (χ0v) is 5.45. The van der Waals surface area contributed by atoms with E-state index in [1.54, 1.807) is 24.3 Å². The van der Waals surface area contributed by atoms with E-state index in [2.05, 4.69) is 0 Å². The number of para-hydroxylation sites is 1. The highest BCUT2D eigenvalue weighted by atomic mass is 16.3. The molecule has 0 unspecified atom stereocenters. The number of phenols is 1. The molecule has 1 aromatic rings. The van der Waals surface area contributed by atoms with Crippen LogP contribution in [0.15, 0.2) is 24.3 Å². The summed E-state index contributed by atoms with van der Waals surface area (Å²) in [5.74, 6) is 0.189. The van der Waals surface area contributed by atoms with Crippen molar-refractivity contribution in [3.8, 4) is 5.75 Å². The molecule has 1 N–H and O–H groups in total. The number of rotatable bonds is 2. The van der Waals surface area contributed by atoms with E-state index in [0.717, 1.165) is 6.29 Å². The van der Waals surface area contributed by atoms with E-state index in [-0.39, 0.29) is 12.2 Å². The number of carbonyl (C=O) groups excluding carboxylic acids is 1. The lowest BCUT2D eigenvalue weighted by Crippen LogP contribution is -1.84. The van der Waals surface area contributed by atoms with E-state index in [4.69, 9.17) is 5.11 Å². The van der Waals surface area contributed by atoms with Crippen LogP contribution >= 0.6 is 0 Å². The predicted molar refractivity (Wildman–Crippen MR) is 37.9 cm³/mol. The lowest BCUT2D eigenvalue weighted by molar-refractivity contribution is -0.107. The number of aldehydes is 1. The minimum Gasteiger partial charge on any atom is -0.508 e. The average Bonchev–Trinajstić information content (AvgIpc) is 1.94. The van der Waals surface area contributed by atoms with Gasteiger partial charge in [-0.2, -0.15) is 0 Å². The quantitative estimate of drug-likeness (QED) is 0.619. The van der Waals surface area contributed by atoms with E-state index in [1.807, 2.05) is 0 Å². The van der Waals surface area contributed by atoms with Gasteiger partial charge >= 0.3 is 0 Å². The van der Waals surface area contributed by atoms with Gasteiger partial charge < -0.3 is 9.90 Å². The molecule has 1 rings (SSSR count). The summed E-state index contributed by atoms with van der Waals surface area (Å²) in [5.41, 5.74) is 0.678. The second-order valence-electron chi connectivity index (χ2n) is 2.00. The van der Waals surface area contributed by atoms with Crippen LogP contribution in [0.2, 0.25) is 0 Å². The first-order chi connectivity index (χ1) is 4.84. The fourth-order valence-electron chi connectivity index (χ4n) is 0.773. The van der Waals surface area contributed by atoms with Crippen molar-refractivity contribution in [2.45, 2.75) is 6.42 Å². The molecule has 0 spiro atoms. The van der Waals surface area contributed by atoms with Crippen LogP contribution in [0.25, 0.3) is 0 Å². The number of hydrogen-bond donors (Lipinski definition) is 1. The predicted octanol–water partition coefficient (Wildman–Crippen LogP) is 1.13. The Morgan fingerprint density at radius 3 is 2.70 bits per heavy atom. The number of phenolic OH excluding ortho intramolecular Hbond substituents is 1. The Hall–Kier alpha value is -1.31. The Balaban J connectivity index is 2.91. The van der Waals surface area contributed by atoms with Crippen molar-refractivity contribution in [1.29, 1.82) is 0 Å². The van der Waals surface area contributed by atoms with Gasteiger partial charge in [-0.1, -0.05) is 18.2 Å². The zero-order valence-electron chi connectivity index (χ0n) is 5.45. The molecule has 0 aliphatic rings. The smallest absolute Gasteiger partial charge is 0.124 e. The van der Waals surface area contributed by atoms with Crippen molar-refractivity contribution in [3.05, 3.63) is 29.8 Å². The van der Waals surface area contributed by atoms with Crippen molar-refractivity contribution in [2.75, 3.05) is 0 Å². The van der Waals surface area contributed by atoms with E-state index < -0.39 is 0 Å². The Morgan fingerprint density at radius 1 is 1.40 bits per heavy atom.